The highest BCUT2D eigenvalue weighted by molar-refractivity contribution is 8.22. The van der Waals surface area contributed by atoms with Gasteiger partial charge in [-0.2, -0.15) is 0 Å². The second-order valence-corrected chi connectivity index (χ2v) is 5.40. The van der Waals surface area contributed by atoms with Crippen molar-refractivity contribution in [2.45, 2.75) is 6.10 Å². The Morgan fingerprint density at radius 3 is 2.69 bits per heavy atom. The molecule has 1 aliphatic rings. The Balaban J connectivity index is 2.02. The minimum atomic E-state index is 0.127. The van der Waals surface area contributed by atoms with Crippen LogP contribution in [0.3, 0.4) is 0 Å². The Morgan fingerprint density at radius 2 is 1.94 bits per heavy atom. The molecule has 0 aliphatic carbocycles. The molecule has 2 aromatic rings. The van der Waals surface area contributed by atoms with Crippen LogP contribution in [0.15, 0.2) is 42.5 Å². The van der Waals surface area contributed by atoms with Crippen LogP contribution in [-0.2, 0) is 4.74 Å². The third-order valence-corrected chi connectivity index (χ3v) is 3.99. The molecule has 3 rings (SSSR count). The largest absolute Gasteiger partial charge is 0.469 e. The van der Waals surface area contributed by atoms with Gasteiger partial charge in [0.2, 0.25) is 4.38 Å². The maximum Gasteiger partial charge on any atom is 0.220 e. The maximum absolute atomic E-state index is 5.59. The Hall–Kier alpha value is -1.06. The van der Waals surface area contributed by atoms with Crippen molar-refractivity contribution in [3.8, 4) is 0 Å². The fourth-order valence-corrected chi connectivity index (χ4v) is 2.95. The molecule has 1 aliphatic heterocycles. The predicted molar refractivity (Wildman–Crippen MR) is 72.8 cm³/mol. The van der Waals surface area contributed by atoms with E-state index in [-0.39, 0.29) is 6.10 Å². The van der Waals surface area contributed by atoms with Crippen LogP contribution in [0.5, 0.6) is 0 Å². The highest BCUT2D eigenvalue weighted by atomic mass is 32.2. The number of thiocarbonyl (C=S) groups is 1. The van der Waals surface area contributed by atoms with Gasteiger partial charge in [-0.25, -0.2) is 0 Å². The average Bonchev–Trinajstić information content (AvgIpc) is 2.75. The predicted octanol–water partition coefficient (Wildman–Crippen LogP) is 3.93. The molecule has 0 radical (unpaired) electrons. The lowest BCUT2D eigenvalue weighted by Gasteiger charge is -2.10. The van der Waals surface area contributed by atoms with E-state index in [0.29, 0.717) is 4.38 Å². The maximum atomic E-state index is 5.59. The van der Waals surface area contributed by atoms with Gasteiger partial charge in [0, 0.05) is 5.75 Å². The molecule has 1 heterocycles. The molecule has 80 valence electrons. The topological polar surface area (TPSA) is 9.23 Å². The molecule has 0 spiro atoms. The fraction of sp³-hybridized carbons (Fsp3) is 0.154. The zero-order chi connectivity index (χ0) is 11.0. The lowest BCUT2D eigenvalue weighted by atomic mass is 10.0. The van der Waals surface area contributed by atoms with Gasteiger partial charge in [-0.3, -0.25) is 0 Å². The van der Waals surface area contributed by atoms with Crippen LogP contribution >= 0.6 is 24.0 Å². The standard InChI is InChI=1S/C13H10OS2/c15-13-14-12(8-16-13)11-6-5-9-3-1-2-4-10(9)7-11/h1-7,12H,8H2. The first-order chi connectivity index (χ1) is 7.83. The number of hydrogen-bond acceptors (Lipinski definition) is 3. The van der Waals surface area contributed by atoms with Gasteiger partial charge in [0.15, 0.2) is 0 Å². The van der Waals surface area contributed by atoms with Crippen LogP contribution in [0.4, 0.5) is 0 Å². The van der Waals surface area contributed by atoms with E-state index >= 15 is 0 Å². The minimum Gasteiger partial charge on any atom is -0.469 e. The Morgan fingerprint density at radius 1 is 1.12 bits per heavy atom. The molecule has 1 nitrogen and oxygen atoms in total. The van der Waals surface area contributed by atoms with Crippen LogP contribution in [0.2, 0.25) is 0 Å². The van der Waals surface area contributed by atoms with Crippen LogP contribution in [0.1, 0.15) is 11.7 Å². The number of thioether (sulfide) groups is 1. The molecule has 1 atom stereocenters. The summed E-state index contributed by atoms with van der Waals surface area (Å²) in [7, 11) is 0. The van der Waals surface area contributed by atoms with E-state index < -0.39 is 0 Å². The summed E-state index contributed by atoms with van der Waals surface area (Å²) in [5.74, 6) is 0.928. The quantitative estimate of drug-likeness (QED) is 0.706. The first-order valence-corrected chi connectivity index (χ1v) is 6.54. The van der Waals surface area contributed by atoms with Crippen molar-refractivity contribution in [1.82, 2.24) is 0 Å². The van der Waals surface area contributed by atoms with Crippen molar-refractivity contribution in [2.24, 2.45) is 0 Å². The summed E-state index contributed by atoms with van der Waals surface area (Å²) < 4.78 is 6.26. The Kier molecular flexibility index (Phi) is 2.58. The van der Waals surface area contributed by atoms with Gasteiger partial charge >= 0.3 is 0 Å². The lowest BCUT2D eigenvalue weighted by molar-refractivity contribution is 0.242. The number of ether oxygens (including phenoxy) is 1. The van der Waals surface area contributed by atoms with Gasteiger partial charge in [0.1, 0.15) is 6.10 Å². The van der Waals surface area contributed by atoms with Gasteiger partial charge in [-0.15, -0.1) is 0 Å². The van der Waals surface area contributed by atoms with E-state index in [9.17, 15) is 0 Å². The summed E-state index contributed by atoms with van der Waals surface area (Å²) in [6.07, 6.45) is 0.127. The summed E-state index contributed by atoms with van der Waals surface area (Å²) in [5, 5.41) is 2.52. The summed E-state index contributed by atoms with van der Waals surface area (Å²) in [4.78, 5) is 0. The van der Waals surface area contributed by atoms with E-state index in [2.05, 4.69) is 42.5 Å². The number of benzene rings is 2. The van der Waals surface area contributed by atoms with Crippen LogP contribution in [-0.4, -0.2) is 10.1 Å². The molecular formula is C13H10OS2. The van der Waals surface area contributed by atoms with Gasteiger partial charge in [-0.1, -0.05) is 48.2 Å². The van der Waals surface area contributed by atoms with Crippen molar-refractivity contribution >= 4 is 39.1 Å². The molecule has 0 bridgehead atoms. The molecule has 1 fully saturated rings. The smallest absolute Gasteiger partial charge is 0.220 e. The van der Waals surface area contributed by atoms with E-state index in [4.69, 9.17) is 17.0 Å². The number of rotatable bonds is 1. The molecule has 2 aromatic carbocycles. The molecule has 0 aromatic heterocycles. The number of hydrogen-bond donors (Lipinski definition) is 0. The second-order valence-electron chi connectivity index (χ2n) is 3.77. The van der Waals surface area contributed by atoms with E-state index in [1.165, 1.54) is 16.3 Å². The number of fused-ring (bicyclic) bond motifs is 1. The van der Waals surface area contributed by atoms with E-state index in [1.807, 2.05) is 0 Å². The van der Waals surface area contributed by atoms with Gasteiger partial charge < -0.3 is 4.74 Å². The Labute approximate surface area is 104 Å². The highest BCUT2D eigenvalue weighted by Crippen LogP contribution is 2.33. The summed E-state index contributed by atoms with van der Waals surface area (Å²) >= 11 is 6.65. The van der Waals surface area contributed by atoms with Gasteiger partial charge in [0.05, 0.1) is 0 Å². The SMILES string of the molecule is S=C1OC(c2ccc3ccccc3c2)CS1. The molecule has 0 saturated carbocycles. The molecule has 1 saturated heterocycles. The molecule has 0 amide bonds. The highest BCUT2D eigenvalue weighted by Gasteiger charge is 2.22. The van der Waals surface area contributed by atoms with E-state index in [0.717, 1.165) is 5.75 Å². The average molecular weight is 246 g/mol. The van der Waals surface area contributed by atoms with Crippen molar-refractivity contribution in [3.63, 3.8) is 0 Å². The van der Waals surface area contributed by atoms with Crippen molar-refractivity contribution in [3.05, 3.63) is 48.0 Å². The van der Waals surface area contributed by atoms with Gasteiger partial charge in [-0.05, 0) is 34.6 Å². The van der Waals surface area contributed by atoms with E-state index in [1.54, 1.807) is 11.8 Å². The molecule has 0 N–H and O–H groups in total. The fourth-order valence-electron chi connectivity index (χ4n) is 1.90. The van der Waals surface area contributed by atoms with Gasteiger partial charge in [0.25, 0.3) is 0 Å². The van der Waals surface area contributed by atoms with Crippen LogP contribution in [0, 0.1) is 0 Å². The zero-order valence-electron chi connectivity index (χ0n) is 8.55. The first-order valence-electron chi connectivity index (χ1n) is 5.15. The zero-order valence-corrected chi connectivity index (χ0v) is 10.2. The normalized spacial score (nSPS) is 20.0. The monoisotopic (exact) mass is 246 g/mol. The van der Waals surface area contributed by atoms with Crippen LogP contribution < -0.4 is 0 Å². The third kappa shape index (κ3) is 1.81. The third-order valence-electron chi connectivity index (χ3n) is 2.74. The summed E-state index contributed by atoms with van der Waals surface area (Å²) in [6.45, 7) is 0. The van der Waals surface area contributed by atoms with Crippen molar-refractivity contribution in [1.29, 1.82) is 0 Å². The summed E-state index contributed by atoms with van der Waals surface area (Å²) in [5.41, 5.74) is 1.21. The second kappa shape index (κ2) is 4.07. The minimum absolute atomic E-state index is 0.127. The molecule has 16 heavy (non-hydrogen) atoms. The van der Waals surface area contributed by atoms with Crippen LogP contribution in [0.25, 0.3) is 10.8 Å². The molecule has 1 unspecified atom stereocenters. The molecular weight excluding hydrogens is 236 g/mol. The van der Waals surface area contributed by atoms with Crippen molar-refractivity contribution < 1.29 is 4.74 Å². The lowest BCUT2D eigenvalue weighted by Crippen LogP contribution is -1.99. The molecule has 3 heteroatoms. The summed E-state index contributed by atoms with van der Waals surface area (Å²) in [6, 6.07) is 14.8. The Bertz CT molecular complexity index is 550. The van der Waals surface area contributed by atoms with Crippen molar-refractivity contribution in [2.75, 3.05) is 5.75 Å². The first kappa shape index (κ1) is 10.1.